The average Bonchev–Trinajstić information content (AvgIpc) is 3.27. The van der Waals surface area contributed by atoms with Gasteiger partial charge in [-0.05, 0) is 43.1 Å². The van der Waals surface area contributed by atoms with Crippen LogP contribution in [0.3, 0.4) is 0 Å². The number of allylic oxidation sites excluding steroid dienone is 11. The fourth-order valence-corrected chi connectivity index (χ4v) is 5.09. The number of nitrogens with zero attached hydrogens (tertiary/aromatic N) is 3. The van der Waals surface area contributed by atoms with Crippen LogP contribution in [0.25, 0.3) is 11.2 Å². The molecule has 1 atom stereocenters. The van der Waals surface area contributed by atoms with E-state index in [1.165, 1.54) is 11.1 Å². The van der Waals surface area contributed by atoms with Crippen LogP contribution in [0.2, 0.25) is 0 Å². The molecular weight excluding hydrogens is 469 g/mol. The molecule has 0 bridgehead atoms. The number of unbranched alkanes of at least 4 members (excludes halogenated alkanes) is 1. The number of hydrogen-bond acceptors (Lipinski definition) is 4. The highest BCUT2D eigenvalue weighted by atomic mass is 35.5. The Morgan fingerprint density at radius 1 is 1.19 bits per heavy atom. The van der Waals surface area contributed by atoms with Gasteiger partial charge in [0.15, 0.2) is 5.65 Å². The fraction of sp³-hybridized carbons (Fsp3) is 0.321. The Balaban J connectivity index is 1.11. The van der Waals surface area contributed by atoms with Crippen molar-refractivity contribution in [1.29, 1.82) is 0 Å². The monoisotopic (exact) mass is 499 g/mol. The smallest absolute Gasteiger partial charge is 0.224 e. The van der Waals surface area contributed by atoms with Crippen LogP contribution in [-0.4, -0.2) is 41.4 Å². The van der Waals surface area contributed by atoms with Crippen molar-refractivity contribution < 1.29 is 4.79 Å². The number of rotatable bonds is 9. The van der Waals surface area contributed by atoms with Crippen molar-refractivity contribution in [2.45, 2.75) is 38.5 Å². The number of halogens is 1. The lowest BCUT2D eigenvalue weighted by Gasteiger charge is -2.22. The largest absolute Gasteiger partial charge is 0.370 e. The first kappa shape index (κ1) is 24.4. The number of nitrogens with one attached hydrogen (secondary N) is 2. The highest BCUT2D eigenvalue weighted by Crippen LogP contribution is 2.31. The highest BCUT2D eigenvalue weighted by Gasteiger charge is 2.18. The van der Waals surface area contributed by atoms with Gasteiger partial charge < -0.3 is 10.6 Å². The number of amides is 1. The third-order valence-corrected chi connectivity index (χ3v) is 7.21. The van der Waals surface area contributed by atoms with E-state index < -0.39 is 0 Å². The topological polar surface area (TPSA) is 71.3 Å². The summed E-state index contributed by atoms with van der Waals surface area (Å²) in [5.74, 6) is 1.40. The van der Waals surface area contributed by atoms with Gasteiger partial charge in [0.05, 0.1) is 5.69 Å². The summed E-state index contributed by atoms with van der Waals surface area (Å²) in [5.41, 5.74) is 6.21. The molecule has 2 heterocycles. The number of anilines is 1. The van der Waals surface area contributed by atoms with Gasteiger partial charge in [-0.25, -0.2) is 4.98 Å². The summed E-state index contributed by atoms with van der Waals surface area (Å²) in [4.78, 5) is 17.3. The van der Waals surface area contributed by atoms with Crippen molar-refractivity contribution in [3.05, 3.63) is 82.7 Å². The third kappa shape index (κ3) is 5.57. The van der Waals surface area contributed by atoms with E-state index >= 15 is 0 Å². The van der Waals surface area contributed by atoms with E-state index in [0.717, 1.165) is 71.9 Å². The van der Waals surface area contributed by atoms with Crippen molar-refractivity contribution in [1.82, 2.24) is 19.9 Å². The highest BCUT2D eigenvalue weighted by molar-refractivity contribution is 6.36. The van der Waals surface area contributed by atoms with E-state index in [2.05, 4.69) is 64.3 Å². The van der Waals surface area contributed by atoms with Gasteiger partial charge in [-0.15, -0.1) is 0 Å². The zero-order valence-electron chi connectivity index (χ0n) is 20.6. The second-order valence-electron chi connectivity index (χ2n) is 9.56. The first-order valence-corrected chi connectivity index (χ1v) is 13.1. The van der Waals surface area contributed by atoms with Gasteiger partial charge in [-0.3, -0.25) is 4.79 Å². The predicted molar refractivity (Wildman–Crippen MR) is 150 cm³/mol. The van der Waals surface area contributed by atoms with Crippen molar-refractivity contribution in [2.75, 3.05) is 18.4 Å². The summed E-state index contributed by atoms with van der Waals surface area (Å²) in [5, 5.41) is 11.9. The van der Waals surface area contributed by atoms with E-state index in [4.69, 9.17) is 16.6 Å². The second kappa shape index (κ2) is 11.2. The van der Waals surface area contributed by atoms with Gasteiger partial charge in [0, 0.05) is 48.3 Å². The zero-order valence-corrected chi connectivity index (χ0v) is 21.4. The Morgan fingerprint density at radius 2 is 2.08 bits per heavy atom. The van der Waals surface area contributed by atoms with Crippen LogP contribution in [-0.2, 0) is 4.79 Å². The van der Waals surface area contributed by atoms with Crippen LogP contribution in [0.1, 0.15) is 44.2 Å². The Hall–Kier alpha value is -3.32. The molecule has 0 aliphatic heterocycles. The molecule has 6 nitrogen and oxygen atoms in total. The molecule has 0 spiro atoms. The SMILES string of the molecule is Bc1cnn2c(NCCCCNC(=O)CC3=CC=C4C=CC=CC4C3)cc(C3=C(Cl)CCC=C3)nc12. The van der Waals surface area contributed by atoms with E-state index in [-0.39, 0.29) is 5.91 Å². The molecule has 0 fully saturated rings. The molecule has 5 rings (SSSR count). The van der Waals surface area contributed by atoms with Gasteiger partial charge in [-0.2, -0.15) is 9.61 Å². The van der Waals surface area contributed by atoms with Gasteiger partial charge in [0.2, 0.25) is 5.91 Å². The summed E-state index contributed by atoms with van der Waals surface area (Å²) in [6.07, 6.45) is 23.8. The van der Waals surface area contributed by atoms with Crippen LogP contribution < -0.4 is 16.1 Å². The van der Waals surface area contributed by atoms with Crippen molar-refractivity contribution in [3.63, 3.8) is 0 Å². The van der Waals surface area contributed by atoms with Crippen LogP contribution in [0, 0.1) is 5.92 Å². The lowest BCUT2D eigenvalue weighted by atomic mass is 9.83. The van der Waals surface area contributed by atoms with Crippen LogP contribution >= 0.6 is 11.6 Å². The predicted octanol–water partition coefficient (Wildman–Crippen LogP) is 3.98. The number of aromatic nitrogens is 3. The standard InChI is InChI=1S/C28H31BClN5O/c29-23-18-33-35-26(17-25(34-28(23)35)22-9-3-4-10-24(22)30)31-13-5-6-14-32-27(36)16-19-11-12-20-7-1-2-8-21(20)15-19/h1-3,7-9,11-12,17-18,21,31H,4-6,10,13-16,29H2,(H,32,36). The van der Waals surface area contributed by atoms with Gasteiger partial charge in [-0.1, -0.05) is 65.8 Å². The number of carbonyl (C=O) groups excluding carboxylic acids is 1. The molecule has 0 saturated carbocycles. The Kier molecular flexibility index (Phi) is 7.56. The Morgan fingerprint density at radius 3 is 2.97 bits per heavy atom. The number of hydrogen-bond donors (Lipinski definition) is 2. The fourth-order valence-electron chi connectivity index (χ4n) is 4.82. The van der Waals surface area contributed by atoms with Crippen molar-refractivity contribution in [2.24, 2.45) is 5.92 Å². The lowest BCUT2D eigenvalue weighted by Crippen LogP contribution is -2.25. The maximum absolute atomic E-state index is 12.4. The lowest BCUT2D eigenvalue weighted by molar-refractivity contribution is -0.120. The van der Waals surface area contributed by atoms with Crippen LogP contribution in [0.4, 0.5) is 5.82 Å². The van der Waals surface area contributed by atoms with Crippen LogP contribution in [0.15, 0.2) is 77.0 Å². The van der Waals surface area contributed by atoms with Crippen molar-refractivity contribution in [3.8, 4) is 0 Å². The first-order chi connectivity index (χ1) is 17.6. The molecule has 2 aromatic rings. The minimum atomic E-state index is 0.0968. The van der Waals surface area contributed by atoms with Gasteiger partial charge in [0.1, 0.15) is 13.7 Å². The summed E-state index contributed by atoms with van der Waals surface area (Å²) < 4.78 is 1.84. The molecule has 3 aliphatic carbocycles. The number of fused-ring (bicyclic) bond motifs is 2. The Bertz CT molecular complexity index is 1350. The molecule has 2 N–H and O–H groups in total. The second-order valence-corrected chi connectivity index (χ2v) is 10.0. The quantitative estimate of drug-likeness (QED) is 0.404. The third-order valence-electron chi connectivity index (χ3n) is 6.82. The summed E-state index contributed by atoms with van der Waals surface area (Å²) >= 11 is 6.51. The van der Waals surface area contributed by atoms with Crippen LogP contribution in [0.5, 0.6) is 0 Å². The van der Waals surface area contributed by atoms with Gasteiger partial charge in [0.25, 0.3) is 0 Å². The molecule has 2 aromatic heterocycles. The summed E-state index contributed by atoms with van der Waals surface area (Å²) in [6, 6.07) is 2.02. The Labute approximate surface area is 218 Å². The minimum absolute atomic E-state index is 0.0968. The maximum atomic E-state index is 12.4. The summed E-state index contributed by atoms with van der Waals surface area (Å²) in [6.45, 7) is 1.45. The van der Waals surface area contributed by atoms with Gasteiger partial charge >= 0.3 is 0 Å². The molecule has 36 heavy (non-hydrogen) atoms. The average molecular weight is 500 g/mol. The van der Waals surface area contributed by atoms with E-state index in [9.17, 15) is 4.79 Å². The molecule has 184 valence electrons. The molecule has 0 aromatic carbocycles. The molecular formula is C28H31BClN5O. The molecule has 0 saturated heterocycles. The maximum Gasteiger partial charge on any atom is 0.224 e. The summed E-state index contributed by atoms with van der Waals surface area (Å²) in [7, 11) is 2.01. The van der Waals surface area contributed by atoms with Crippen molar-refractivity contribution >= 4 is 47.9 Å². The molecule has 0 radical (unpaired) electrons. The van der Waals surface area contributed by atoms with E-state index in [1.807, 2.05) is 24.6 Å². The molecule has 3 aliphatic rings. The normalized spacial score (nSPS) is 18.8. The minimum Gasteiger partial charge on any atom is -0.370 e. The molecule has 8 heteroatoms. The molecule has 1 unspecified atom stereocenters. The number of carbonyl (C=O) groups is 1. The van der Waals surface area contributed by atoms with E-state index in [1.54, 1.807) is 0 Å². The zero-order chi connectivity index (χ0) is 24.9. The van der Waals surface area contributed by atoms with E-state index in [0.29, 0.717) is 18.9 Å². The molecule has 1 amide bonds. The first-order valence-electron chi connectivity index (χ1n) is 12.7.